The molecule has 1 atom stereocenters. The summed E-state index contributed by atoms with van der Waals surface area (Å²) in [5.74, 6) is 0.206. The summed E-state index contributed by atoms with van der Waals surface area (Å²) in [6.45, 7) is 0. The Morgan fingerprint density at radius 3 is 0.484 bits per heavy atom. The normalized spacial score (nSPS) is 11.6. The van der Waals surface area contributed by atoms with Crippen LogP contribution < -0.4 is 0 Å². The van der Waals surface area contributed by atoms with Crippen molar-refractivity contribution in [3.05, 3.63) is 300 Å². The molecule has 0 saturated carbocycles. The van der Waals surface area contributed by atoms with Crippen molar-refractivity contribution >= 4 is 0 Å². The monoisotopic (exact) mass is 790 g/mol. The van der Waals surface area contributed by atoms with Crippen molar-refractivity contribution in [2.75, 3.05) is 0 Å². The highest BCUT2D eigenvalue weighted by Gasteiger charge is 2.20. The van der Waals surface area contributed by atoms with Crippen molar-refractivity contribution in [3.8, 4) is 55.6 Å². The van der Waals surface area contributed by atoms with Gasteiger partial charge in [0.1, 0.15) is 0 Å². The first-order valence-electron chi connectivity index (χ1n) is 21.6. The van der Waals surface area contributed by atoms with Gasteiger partial charge in [0.25, 0.3) is 0 Å². The molecule has 10 aromatic rings. The van der Waals surface area contributed by atoms with Gasteiger partial charge in [0, 0.05) is 11.8 Å². The lowest BCUT2D eigenvalue weighted by Gasteiger charge is -2.21. The Hall–Kier alpha value is -7.80. The van der Waals surface area contributed by atoms with Crippen LogP contribution in [0.5, 0.6) is 0 Å². The van der Waals surface area contributed by atoms with E-state index in [9.17, 15) is 0 Å². The Morgan fingerprint density at radius 2 is 0.274 bits per heavy atom. The summed E-state index contributed by atoms with van der Waals surface area (Å²) in [6, 6.07) is 97.3. The fourth-order valence-corrected chi connectivity index (χ4v) is 8.89. The maximum absolute atomic E-state index is 2.31. The fourth-order valence-electron chi connectivity index (χ4n) is 8.89. The van der Waals surface area contributed by atoms with E-state index in [1.807, 2.05) is 0 Å². The first-order valence-corrected chi connectivity index (χ1v) is 21.6. The molecular weight excluding hydrogens is 745 g/mol. The lowest BCUT2D eigenvalue weighted by atomic mass is 9.83. The lowest BCUT2D eigenvalue weighted by molar-refractivity contribution is 0.976. The van der Waals surface area contributed by atoms with Gasteiger partial charge < -0.3 is 0 Å². The predicted molar refractivity (Wildman–Crippen MR) is 261 cm³/mol. The van der Waals surface area contributed by atoms with E-state index in [0.29, 0.717) is 0 Å². The highest BCUT2D eigenvalue weighted by Crippen LogP contribution is 2.38. The quantitative estimate of drug-likeness (QED) is 0.115. The van der Waals surface area contributed by atoms with Crippen LogP contribution in [-0.4, -0.2) is 0 Å². The van der Waals surface area contributed by atoms with Gasteiger partial charge in [-0.25, -0.2) is 0 Å². The molecule has 0 aliphatic carbocycles. The van der Waals surface area contributed by atoms with E-state index in [2.05, 4.69) is 267 Å². The van der Waals surface area contributed by atoms with Gasteiger partial charge in [-0.05, 0) is 89.0 Å². The third-order valence-corrected chi connectivity index (χ3v) is 12.2. The van der Waals surface area contributed by atoms with Crippen molar-refractivity contribution in [2.24, 2.45) is 0 Å². The van der Waals surface area contributed by atoms with E-state index in [1.165, 1.54) is 89.0 Å². The van der Waals surface area contributed by atoms with Crippen molar-refractivity contribution < 1.29 is 0 Å². The molecule has 0 aliphatic rings. The van der Waals surface area contributed by atoms with Gasteiger partial charge in [-0.2, -0.15) is 0 Å². The number of hydrogen-bond donors (Lipinski definition) is 0. The summed E-state index contributed by atoms with van der Waals surface area (Å²) in [5.41, 5.74) is 19.9. The SMILES string of the molecule is c1ccc(-c2ccc(-c3ccc(C(c4ccccc4)c4ccc(-c5ccc(C(c6ccc(-c7ccccc7)cc6)c6ccc(-c7ccccc7)cc6)cc5)cc4)cc3)cc2)cc1. The first-order chi connectivity index (χ1) is 30.7. The predicted octanol–water partition coefficient (Wildman–Crippen LogP) is 16.4. The zero-order valence-corrected chi connectivity index (χ0v) is 34.6. The molecule has 1 unspecified atom stereocenters. The Kier molecular flexibility index (Phi) is 11.0. The smallest absolute Gasteiger partial charge is 0.0340 e. The summed E-state index contributed by atoms with van der Waals surface area (Å²) in [7, 11) is 0. The third kappa shape index (κ3) is 8.33. The number of benzene rings is 10. The largest absolute Gasteiger partial charge is 0.0622 e. The van der Waals surface area contributed by atoms with Crippen LogP contribution in [0.1, 0.15) is 45.2 Å². The highest BCUT2D eigenvalue weighted by atomic mass is 14.2. The number of rotatable bonds is 11. The van der Waals surface area contributed by atoms with Crippen molar-refractivity contribution in [1.82, 2.24) is 0 Å². The molecule has 0 heterocycles. The molecule has 10 aromatic carbocycles. The van der Waals surface area contributed by atoms with Gasteiger partial charge in [-0.15, -0.1) is 0 Å². The molecule has 0 saturated heterocycles. The minimum Gasteiger partial charge on any atom is -0.0622 e. The molecule has 294 valence electrons. The third-order valence-electron chi connectivity index (χ3n) is 12.2. The summed E-state index contributed by atoms with van der Waals surface area (Å²) in [5, 5.41) is 0. The van der Waals surface area contributed by atoms with Gasteiger partial charge in [0.05, 0.1) is 0 Å². The molecule has 0 fully saturated rings. The van der Waals surface area contributed by atoms with E-state index in [-0.39, 0.29) is 11.8 Å². The topological polar surface area (TPSA) is 0 Å². The van der Waals surface area contributed by atoms with E-state index in [0.717, 1.165) is 0 Å². The second-order valence-corrected chi connectivity index (χ2v) is 16.1. The maximum atomic E-state index is 2.31. The number of hydrogen-bond acceptors (Lipinski definition) is 0. The second kappa shape index (κ2) is 17.8. The Bertz CT molecular complexity index is 2870. The highest BCUT2D eigenvalue weighted by molar-refractivity contribution is 5.72. The van der Waals surface area contributed by atoms with Crippen LogP contribution in [0.2, 0.25) is 0 Å². The van der Waals surface area contributed by atoms with Gasteiger partial charge in [0.15, 0.2) is 0 Å². The zero-order chi connectivity index (χ0) is 41.5. The summed E-state index contributed by atoms with van der Waals surface area (Å²) < 4.78 is 0. The Labute approximate surface area is 366 Å². The molecular formula is C62H46. The van der Waals surface area contributed by atoms with Gasteiger partial charge in [-0.3, -0.25) is 0 Å². The molecule has 0 radical (unpaired) electrons. The average Bonchev–Trinajstić information content (AvgIpc) is 3.36. The molecule has 0 nitrogen and oxygen atoms in total. The van der Waals surface area contributed by atoms with Crippen LogP contribution in [-0.2, 0) is 0 Å². The summed E-state index contributed by atoms with van der Waals surface area (Å²) in [4.78, 5) is 0. The van der Waals surface area contributed by atoms with Crippen LogP contribution in [0.25, 0.3) is 55.6 Å². The zero-order valence-electron chi connectivity index (χ0n) is 34.6. The molecule has 0 bridgehead atoms. The minimum absolute atomic E-state index is 0.0905. The first kappa shape index (κ1) is 38.4. The molecule has 10 rings (SSSR count). The van der Waals surface area contributed by atoms with Crippen molar-refractivity contribution in [1.29, 1.82) is 0 Å². The van der Waals surface area contributed by atoms with Crippen LogP contribution in [0.3, 0.4) is 0 Å². The standard InChI is InChI=1S/C62H46/c1-5-13-45(14-6-1)48-21-23-51(24-22-48)52-29-39-56(40-30-52)61(55-19-11-4-12-20-55)57-41-31-53(32-42-57)54-33-43-60(44-34-54)62(58-35-25-49(26-36-58)46-15-7-2-8-16-46)59-37-27-50(28-38-59)47-17-9-3-10-18-47/h1-44,61-62H. The van der Waals surface area contributed by atoms with Gasteiger partial charge in [-0.1, -0.05) is 267 Å². The molecule has 0 N–H and O–H groups in total. The molecule has 0 amide bonds. The molecule has 0 heteroatoms. The second-order valence-electron chi connectivity index (χ2n) is 16.1. The average molecular weight is 791 g/mol. The molecule has 62 heavy (non-hydrogen) atoms. The molecule has 0 aromatic heterocycles. The Balaban J connectivity index is 0.922. The summed E-state index contributed by atoms with van der Waals surface area (Å²) >= 11 is 0. The minimum atomic E-state index is 0.0905. The maximum Gasteiger partial charge on any atom is 0.0340 e. The fraction of sp³-hybridized carbons (Fsp3) is 0.0323. The van der Waals surface area contributed by atoms with Crippen molar-refractivity contribution in [2.45, 2.75) is 11.8 Å². The van der Waals surface area contributed by atoms with Crippen LogP contribution >= 0.6 is 0 Å². The van der Waals surface area contributed by atoms with Crippen LogP contribution in [0.15, 0.2) is 267 Å². The molecule has 0 spiro atoms. The Morgan fingerprint density at radius 1 is 0.129 bits per heavy atom. The van der Waals surface area contributed by atoms with Gasteiger partial charge >= 0.3 is 0 Å². The van der Waals surface area contributed by atoms with E-state index >= 15 is 0 Å². The summed E-state index contributed by atoms with van der Waals surface area (Å²) in [6.07, 6.45) is 0. The van der Waals surface area contributed by atoms with E-state index in [1.54, 1.807) is 0 Å². The van der Waals surface area contributed by atoms with E-state index < -0.39 is 0 Å². The van der Waals surface area contributed by atoms with Gasteiger partial charge in [0.2, 0.25) is 0 Å². The van der Waals surface area contributed by atoms with Crippen LogP contribution in [0, 0.1) is 0 Å². The lowest BCUT2D eigenvalue weighted by Crippen LogP contribution is -2.04. The molecule has 0 aliphatic heterocycles. The van der Waals surface area contributed by atoms with E-state index in [4.69, 9.17) is 0 Å². The van der Waals surface area contributed by atoms with Crippen molar-refractivity contribution in [3.63, 3.8) is 0 Å². The van der Waals surface area contributed by atoms with Crippen LogP contribution in [0.4, 0.5) is 0 Å².